The zero-order valence-corrected chi connectivity index (χ0v) is 11.5. The molecule has 1 aromatic carbocycles. The van der Waals surface area contributed by atoms with E-state index in [9.17, 15) is 5.11 Å². The maximum absolute atomic E-state index is 10.1. The van der Waals surface area contributed by atoms with Crippen LogP contribution in [0.2, 0.25) is 0 Å². The maximum atomic E-state index is 10.1. The van der Waals surface area contributed by atoms with Gasteiger partial charge < -0.3 is 10.4 Å². The number of nitrogens with zero attached hydrogens (tertiary/aromatic N) is 1. The molecule has 1 atom stereocenters. The molecule has 1 heterocycles. The van der Waals surface area contributed by atoms with Crippen LogP contribution in [0, 0.1) is 0 Å². The second-order valence-corrected chi connectivity index (χ2v) is 5.45. The third kappa shape index (κ3) is 4.39. The molecule has 0 bridgehead atoms. The topological polar surface area (TPSA) is 35.5 Å². The fraction of sp³-hybridized carbons (Fsp3) is 0.538. The molecule has 2 N–H and O–H groups in total. The molecule has 0 spiro atoms. The van der Waals surface area contributed by atoms with Crippen LogP contribution in [0.5, 0.6) is 0 Å². The number of benzene rings is 1. The first kappa shape index (κ1) is 13.0. The van der Waals surface area contributed by atoms with Crippen LogP contribution in [0.1, 0.15) is 5.56 Å². The average Bonchev–Trinajstić information content (AvgIpc) is 2.33. The molecule has 1 aliphatic rings. The van der Waals surface area contributed by atoms with Crippen molar-refractivity contribution in [2.24, 2.45) is 0 Å². The molecular formula is C13H19BrN2O. The summed E-state index contributed by atoms with van der Waals surface area (Å²) in [6.07, 6.45) is 0.464. The molecule has 0 aliphatic carbocycles. The largest absolute Gasteiger partial charge is 0.391 e. The van der Waals surface area contributed by atoms with Crippen LogP contribution >= 0.6 is 15.9 Å². The van der Waals surface area contributed by atoms with E-state index in [1.54, 1.807) is 0 Å². The predicted octanol–water partition coefficient (Wildman–Crippen LogP) is 1.26. The van der Waals surface area contributed by atoms with Crippen molar-refractivity contribution in [2.45, 2.75) is 12.5 Å². The SMILES string of the molecule is OC(Cc1ccc(Br)cc1)CN1CCNCC1. The molecule has 0 aromatic heterocycles. The van der Waals surface area contributed by atoms with E-state index >= 15 is 0 Å². The van der Waals surface area contributed by atoms with Gasteiger partial charge in [-0.3, -0.25) is 4.90 Å². The highest BCUT2D eigenvalue weighted by Gasteiger charge is 2.14. The van der Waals surface area contributed by atoms with E-state index in [1.807, 2.05) is 12.1 Å². The third-order valence-corrected chi connectivity index (χ3v) is 3.59. The van der Waals surface area contributed by atoms with Crippen LogP contribution in [0.3, 0.4) is 0 Å². The highest BCUT2D eigenvalue weighted by Crippen LogP contribution is 2.12. The number of aliphatic hydroxyl groups excluding tert-OH is 1. The first-order valence-corrected chi connectivity index (χ1v) is 6.89. The summed E-state index contributed by atoms with van der Waals surface area (Å²) < 4.78 is 1.08. The van der Waals surface area contributed by atoms with E-state index in [2.05, 4.69) is 38.3 Å². The molecule has 1 aliphatic heterocycles. The van der Waals surface area contributed by atoms with Crippen molar-refractivity contribution in [2.75, 3.05) is 32.7 Å². The van der Waals surface area contributed by atoms with Gasteiger partial charge in [-0.15, -0.1) is 0 Å². The Hall–Kier alpha value is -0.420. The van der Waals surface area contributed by atoms with Crippen molar-refractivity contribution in [1.82, 2.24) is 10.2 Å². The van der Waals surface area contributed by atoms with Gasteiger partial charge in [0.2, 0.25) is 0 Å². The molecule has 2 rings (SSSR count). The Balaban J connectivity index is 1.79. The molecule has 1 saturated heterocycles. The monoisotopic (exact) mass is 298 g/mol. The Bertz CT molecular complexity index is 336. The van der Waals surface area contributed by atoms with Crippen LogP contribution in [0.4, 0.5) is 0 Å². The normalized spacial score (nSPS) is 19.2. The summed E-state index contributed by atoms with van der Waals surface area (Å²) in [5, 5.41) is 13.4. The second kappa shape index (κ2) is 6.50. The molecule has 1 aromatic rings. The standard InChI is InChI=1S/C13H19BrN2O/c14-12-3-1-11(2-4-12)9-13(17)10-16-7-5-15-6-8-16/h1-4,13,15,17H,5-10H2. The molecule has 94 valence electrons. The van der Waals surface area contributed by atoms with Gasteiger partial charge in [0.1, 0.15) is 0 Å². The van der Waals surface area contributed by atoms with Crippen molar-refractivity contribution in [3.05, 3.63) is 34.3 Å². The summed E-state index contributed by atoms with van der Waals surface area (Å²) in [7, 11) is 0. The number of aliphatic hydroxyl groups is 1. The molecule has 1 unspecified atom stereocenters. The van der Waals surface area contributed by atoms with E-state index in [0.717, 1.165) is 43.6 Å². The smallest absolute Gasteiger partial charge is 0.0707 e. The molecule has 0 saturated carbocycles. The molecule has 0 radical (unpaired) electrons. The van der Waals surface area contributed by atoms with Gasteiger partial charge >= 0.3 is 0 Å². The molecule has 4 heteroatoms. The number of halogens is 1. The molecule has 3 nitrogen and oxygen atoms in total. The zero-order valence-electron chi connectivity index (χ0n) is 9.90. The first-order chi connectivity index (χ1) is 8.24. The van der Waals surface area contributed by atoms with E-state index < -0.39 is 0 Å². The summed E-state index contributed by atoms with van der Waals surface area (Å²) in [5.74, 6) is 0. The Kier molecular flexibility index (Phi) is 4.98. The minimum atomic E-state index is -0.269. The van der Waals surface area contributed by atoms with Gasteiger partial charge in [0, 0.05) is 37.2 Å². The van der Waals surface area contributed by atoms with Gasteiger partial charge in [0.15, 0.2) is 0 Å². The lowest BCUT2D eigenvalue weighted by atomic mass is 10.1. The highest BCUT2D eigenvalue weighted by atomic mass is 79.9. The van der Waals surface area contributed by atoms with E-state index in [0.29, 0.717) is 0 Å². The summed E-state index contributed by atoms with van der Waals surface area (Å²) >= 11 is 3.41. The Morgan fingerprint density at radius 1 is 1.24 bits per heavy atom. The van der Waals surface area contributed by atoms with Crippen molar-refractivity contribution >= 4 is 15.9 Å². The number of β-amino-alcohol motifs (C(OH)–C–C–N with tert-alkyl or cyclic N) is 1. The van der Waals surface area contributed by atoms with Gasteiger partial charge in [-0.1, -0.05) is 28.1 Å². The first-order valence-electron chi connectivity index (χ1n) is 6.09. The van der Waals surface area contributed by atoms with Crippen LogP contribution in [-0.4, -0.2) is 48.8 Å². The Morgan fingerprint density at radius 2 is 1.88 bits per heavy atom. The molecule has 1 fully saturated rings. The number of hydrogen-bond acceptors (Lipinski definition) is 3. The van der Waals surface area contributed by atoms with Crippen molar-refractivity contribution in [1.29, 1.82) is 0 Å². The number of hydrogen-bond donors (Lipinski definition) is 2. The average molecular weight is 299 g/mol. The maximum Gasteiger partial charge on any atom is 0.0707 e. The van der Waals surface area contributed by atoms with Crippen LogP contribution in [0.15, 0.2) is 28.7 Å². The van der Waals surface area contributed by atoms with E-state index in [-0.39, 0.29) is 6.10 Å². The van der Waals surface area contributed by atoms with Crippen LogP contribution < -0.4 is 5.32 Å². The number of rotatable bonds is 4. The minimum absolute atomic E-state index is 0.269. The summed E-state index contributed by atoms with van der Waals surface area (Å²) in [6.45, 7) is 4.92. The van der Waals surface area contributed by atoms with E-state index in [1.165, 1.54) is 5.56 Å². The zero-order chi connectivity index (χ0) is 12.1. The summed E-state index contributed by atoms with van der Waals surface area (Å²) in [5.41, 5.74) is 1.19. The van der Waals surface area contributed by atoms with Crippen LogP contribution in [-0.2, 0) is 6.42 Å². The molecule has 0 amide bonds. The Morgan fingerprint density at radius 3 is 2.53 bits per heavy atom. The van der Waals surface area contributed by atoms with Crippen molar-refractivity contribution < 1.29 is 5.11 Å². The van der Waals surface area contributed by atoms with Crippen LogP contribution in [0.25, 0.3) is 0 Å². The summed E-state index contributed by atoms with van der Waals surface area (Å²) in [4.78, 5) is 2.32. The lowest BCUT2D eigenvalue weighted by Gasteiger charge is -2.29. The van der Waals surface area contributed by atoms with Gasteiger partial charge in [-0.2, -0.15) is 0 Å². The quantitative estimate of drug-likeness (QED) is 0.878. The second-order valence-electron chi connectivity index (χ2n) is 4.54. The van der Waals surface area contributed by atoms with E-state index in [4.69, 9.17) is 0 Å². The lowest BCUT2D eigenvalue weighted by Crippen LogP contribution is -2.46. The van der Waals surface area contributed by atoms with Crippen molar-refractivity contribution in [3.8, 4) is 0 Å². The fourth-order valence-corrected chi connectivity index (χ4v) is 2.41. The third-order valence-electron chi connectivity index (χ3n) is 3.06. The Labute approximate surface area is 111 Å². The van der Waals surface area contributed by atoms with Gasteiger partial charge in [-0.25, -0.2) is 0 Å². The predicted molar refractivity (Wildman–Crippen MR) is 73.2 cm³/mol. The molecule has 17 heavy (non-hydrogen) atoms. The fourth-order valence-electron chi connectivity index (χ4n) is 2.15. The van der Waals surface area contributed by atoms with Gasteiger partial charge in [0.05, 0.1) is 6.10 Å². The molecular weight excluding hydrogens is 280 g/mol. The van der Waals surface area contributed by atoms with Gasteiger partial charge in [0.25, 0.3) is 0 Å². The minimum Gasteiger partial charge on any atom is -0.391 e. The van der Waals surface area contributed by atoms with Crippen molar-refractivity contribution in [3.63, 3.8) is 0 Å². The lowest BCUT2D eigenvalue weighted by molar-refractivity contribution is 0.105. The number of nitrogens with one attached hydrogen (secondary N) is 1. The van der Waals surface area contributed by atoms with Gasteiger partial charge in [-0.05, 0) is 24.1 Å². The summed E-state index contributed by atoms with van der Waals surface area (Å²) in [6, 6.07) is 8.16. The number of piperazine rings is 1. The highest BCUT2D eigenvalue weighted by molar-refractivity contribution is 9.10.